The van der Waals surface area contributed by atoms with Gasteiger partial charge in [-0.3, -0.25) is 0 Å². The zero-order valence-corrected chi connectivity index (χ0v) is 9.84. The Bertz CT molecular complexity index is 378. The van der Waals surface area contributed by atoms with Crippen molar-refractivity contribution < 1.29 is 9.84 Å². The highest BCUT2D eigenvalue weighted by molar-refractivity contribution is 6.32. The Labute approximate surface area is 99.6 Å². The van der Waals surface area contributed by atoms with E-state index in [2.05, 4.69) is 10.6 Å². The normalized spacial score (nSPS) is 20.8. The fourth-order valence-corrected chi connectivity index (χ4v) is 2.10. The molecule has 88 valence electrons. The molecule has 1 saturated heterocycles. The van der Waals surface area contributed by atoms with E-state index >= 15 is 0 Å². The summed E-state index contributed by atoms with van der Waals surface area (Å²) in [5.41, 5.74) is 0.724. The second kappa shape index (κ2) is 4.91. The van der Waals surface area contributed by atoms with E-state index in [0.29, 0.717) is 10.8 Å². The molecule has 2 rings (SSSR count). The minimum atomic E-state index is 0.0300. The number of rotatable bonds is 2. The molecule has 5 heteroatoms. The molecule has 3 N–H and O–H groups in total. The lowest BCUT2D eigenvalue weighted by Crippen LogP contribution is -2.42. The number of methoxy groups -OCH3 is 1. The number of benzene rings is 1. The number of phenolic OH excluding ortho intramolecular Hbond substituents is 1. The quantitative estimate of drug-likeness (QED) is 0.732. The van der Waals surface area contributed by atoms with Crippen molar-refractivity contribution in [3.05, 3.63) is 22.7 Å². The first kappa shape index (κ1) is 11.5. The second-order valence-electron chi connectivity index (χ2n) is 3.72. The number of aromatic hydroxyl groups is 1. The van der Waals surface area contributed by atoms with Crippen LogP contribution in [0, 0.1) is 0 Å². The number of nitrogens with one attached hydrogen (secondary N) is 2. The van der Waals surface area contributed by atoms with Gasteiger partial charge in [0.05, 0.1) is 23.7 Å². The molecule has 0 bridgehead atoms. The summed E-state index contributed by atoms with van der Waals surface area (Å²) in [4.78, 5) is 0. The lowest BCUT2D eigenvalue weighted by atomic mass is 10.0. The van der Waals surface area contributed by atoms with Crippen LogP contribution in [-0.2, 0) is 0 Å². The largest absolute Gasteiger partial charge is 0.506 e. The van der Waals surface area contributed by atoms with Gasteiger partial charge in [0.2, 0.25) is 0 Å². The van der Waals surface area contributed by atoms with Crippen LogP contribution in [0.15, 0.2) is 12.1 Å². The second-order valence-corrected chi connectivity index (χ2v) is 4.13. The first-order chi connectivity index (χ1) is 7.74. The van der Waals surface area contributed by atoms with E-state index in [0.717, 1.165) is 25.2 Å². The minimum Gasteiger partial charge on any atom is -0.506 e. The van der Waals surface area contributed by atoms with Crippen molar-refractivity contribution in [2.45, 2.75) is 6.04 Å². The molecule has 16 heavy (non-hydrogen) atoms. The molecule has 0 saturated carbocycles. The zero-order chi connectivity index (χ0) is 11.5. The van der Waals surface area contributed by atoms with Crippen LogP contribution < -0.4 is 15.4 Å². The Morgan fingerprint density at radius 1 is 1.44 bits per heavy atom. The molecule has 1 aliphatic rings. The first-order valence-electron chi connectivity index (χ1n) is 5.23. The molecule has 0 aromatic heterocycles. The third kappa shape index (κ3) is 2.09. The molecule has 1 aliphatic heterocycles. The number of ether oxygens (including phenoxy) is 1. The predicted octanol–water partition coefficient (Wildman–Crippen LogP) is 1.29. The van der Waals surface area contributed by atoms with Gasteiger partial charge in [-0.05, 0) is 12.1 Å². The van der Waals surface area contributed by atoms with Gasteiger partial charge in [0.1, 0.15) is 11.5 Å². The van der Waals surface area contributed by atoms with Crippen molar-refractivity contribution in [1.29, 1.82) is 0 Å². The molecule has 1 atom stereocenters. The molecule has 4 nitrogen and oxygen atoms in total. The van der Waals surface area contributed by atoms with Crippen molar-refractivity contribution >= 4 is 11.6 Å². The first-order valence-corrected chi connectivity index (χ1v) is 5.61. The molecule has 0 unspecified atom stereocenters. The molecule has 1 aromatic rings. The number of phenols is 1. The van der Waals surface area contributed by atoms with E-state index in [-0.39, 0.29) is 11.8 Å². The number of hydrogen-bond donors (Lipinski definition) is 3. The third-order valence-corrected chi connectivity index (χ3v) is 3.04. The van der Waals surface area contributed by atoms with Gasteiger partial charge in [0, 0.05) is 19.6 Å². The Morgan fingerprint density at radius 3 is 2.88 bits per heavy atom. The van der Waals surface area contributed by atoms with Crippen molar-refractivity contribution in [3.8, 4) is 11.5 Å². The van der Waals surface area contributed by atoms with Gasteiger partial charge < -0.3 is 20.5 Å². The van der Waals surface area contributed by atoms with Crippen LogP contribution >= 0.6 is 11.6 Å². The number of hydrogen-bond acceptors (Lipinski definition) is 4. The molecule has 1 aromatic carbocycles. The Balaban J connectivity index is 2.39. The van der Waals surface area contributed by atoms with Crippen LogP contribution in [0.1, 0.15) is 11.6 Å². The summed E-state index contributed by atoms with van der Waals surface area (Å²) >= 11 is 5.91. The average Bonchev–Trinajstić information content (AvgIpc) is 2.33. The van der Waals surface area contributed by atoms with E-state index in [9.17, 15) is 5.11 Å². The molecule has 0 radical (unpaired) electrons. The summed E-state index contributed by atoms with van der Waals surface area (Å²) in [5, 5.41) is 16.9. The van der Waals surface area contributed by atoms with E-state index in [1.54, 1.807) is 19.2 Å². The Kier molecular flexibility index (Phi) is 3.53. The summed E-state index contributed by atoms with van der Waals surface area (Å²) in [7, 11) is 1.59. The van der Waals surface area contributed by atoms with Crippen molar-refractivity contribution in [3.63, 3.8) is 0 Å². The van der Waals surface area contributed by atoms with Crippen LogP contribution in [0.2, 0.25) is 5.02 Å². The summed E-state index contributed by atoms with van der Waals surface area (Å²) in [6, 6.07) is 3.44. The summed E-state index contributed by atoms with van der Waals surface area (Å²) < 4.78 is 5.25. The van der Waals surface area contributed by atoms with E-state index in [1.165, 1.54) is 0 Å². The summed E-state index contributed by atoms with van der Waals surface area (Å²) in [6.07, 6.45) is 0. The highest BCUT2D eigenvalue weighted by atomic mass is 35.5. The van der Waals surface area contributed by atoms with Crippen LogP contribution in [0.5, 0.6) is 11.5 Å². The Hall–Kier alpha value is -0.970. The van der Waals surface area contributed by atoms with E-state index < -0.39 is 0 Å². The van der Waals surface area contributed by atoms with Crippen molar-refractivity contribution in [2.24, 2.45) is 0 Å². The van der Waals surface area contributed by atoms with Crippen LogP contribution in [-0.4, -0.2) is 31.9 Å². The molecule has 1 heterocycles. The lowest BCUT2D eigenvalue weighted by Gasteiger charge is -2.27. The summed E-state index contributed by atoms with van der Waals surface area (Å²) in [5.74, 6) is 0.755. The number of halogens is 1. The lowest BCUT2D eigenvalue weighted by molar-refractivity contribution is 0.365. The molecular weight excluding hydrogens is 228 g/mol. The van der Waals surface area contributed by atoms with Gasteiger partial charge in [-0.1, -0.05) is 11.6 Å². The van der Waals surface area contributed by atoms with E-state index in [4.69, 9.17) is 16.3 Å². The fourth-order valence-electron chi connectivity index (χ4n) is 1.94. The molecule has 0 amide bonds. The maximum absolute atomic E-state index is 9.98. The van der Waals surface area contributed by atoms with Crippen LogP contribution in [0.25, 0.3) is 0 Å². The van der Waals surface area contributed by atoms with Gasteiger partial charge in [0.25, 0.3) is 0 Å². The monoisotopic (exact) mass is 242 g/mol. The average molecular weight is 243 g/mol. The van der Waals surface area contributed by atoms with Crippen LogP contribution in [0.4, 0.5) is 0 Å². The smallest absolute Gasteiger partial charge is 0.142 e. The zero-order valence-electron chi connectivity index (χ0n) is 9.09. The van der Waals surface area contributed by atoms with Gasteiger partial charge in [0.15, 0.2) is 0 Å². The SMILES string of the molecule is COc1ccc(Cl)c(O)c1[C@@H]1CNCCN1. The molecular formula is C11H15ClN2O2. The standard InChI is InChI=1S/C11H15ClN2O2/c1-16-9-3-2-7(12)11(15)10(9)8-6-13-4-5-14-8/h2-3,8,13-15H,4-6H2,1H3/t8-/m0/s1. The number of piperazine rings is 1. The van der Waals surface area contributed by atoms with Gasteiger partial charge in [-0.2, -0.15) is 0 Å². The Morgan fingerprint density at radius 2 is 2.25 bits per heavy atom. The molecule has 0 aliphatic carbocycles. The van der Waals surface area contributed by atoms with Gasteiger partial charge in [-0.15, -0.1) is 0 Å². The molecule has 1 fully saturated rings. The highest BCUT2D eigenvalue weighted by Crippen LogP contribution is 2.38. The molecule has 0 spiro atoms. The predicted molar refractivity (Wildman–Crippen MR) is 63.3 cm³/mol. The van der Waals surface area contributed by atoms with Crippen molar-refractivity contribution in [2.75, 3.05) is 26.7 Å². The summed E-state index contributed by atoms with van der Waals surface area (Å²) in [6.45, 7) is 2.55. The topological polar surface area (TPSA) is 53.5 Å². The highest BCUT2D eigenvalue weighted by Gasteiger charge is 2.23. The fraction of sp³-hybridized carbons (Fsp3) is 0.455. The van der Waals surface area contributed by atoms with E-state index in [1.807, 2.05) is 0 Å². The minimum absolute atomic E-state index is 0.0300. The third-order valence-electron chi connectivity index (χ3n) is 2.74. The van der Waals surface area contributed by atoms with Crippen LogP contribution in [0.3, 0.4) is 0 Å². The maximum Gasteiger partial charge on any atom is 0.142 e. The van der Waals surface area contributed by atoms with Gasteiger partial charge in [-0.25, -0.2) is 0 Å². The van der Waals surface area contributed by atoms with Gasteiger partial charge >= 0.3 is 0 Å². The maximum atomic E-state index is 9.98. The van der Waals surface area contributed by atoms with Crippen molar-refractivity contribution in [1.82, 2.24) is 10.6 Å².